The largest absolute Gasteiger partial charge is 0.460 e. The normalized spacial score (nSPS) is 19.2. The predicted octanol–water partition coefficient (Wildman–Crippen LogP) is 3.52. The van der Waals surface area contributed by atoms with Crippen molar-refractivity contribution in [2.45, 2.75) is 0 Å². The minimum Gasteiger partial charge on any atom is -0.460 e. The molecule has 4 nitrogen and oxygen atoms in total. The van der Waals surface area contributed by atoms with Crippen LogP contribution in [0.4, 0.5) is 0 Å². The maximum Gasteiger partial charge on any atom is 0.177 e. The molecule has 0 saturated carbocycles. The van der Waals surface area contributed by atoms with E-state index in [0.29, 0.717) is 21.7 Å². The maximum atomic E-state index is 5.63. The lowest BCUT2D eigenvalue weighted by molar-refractivity contribution is 0.465. The van der Waals surface area contributed by atoms with Gasteiger partial charge in [0.2, 0.25) is 0 Å². The van der Waals surface area contributed by atoms with Crippen molar-refractivity contribution in [2.24, 2.45) is 0 Å². The van der Waals surface area contributed by atoms with Crippen LogP contribution in [0, 0.1) is 42.5 Å². The van der Waals surface area contributed by atoms with E-state index in [0.717, 1.165) is 20.9 Å². The first-order valence-corrected chi connectivity index (χ1v) is 6.25. The zero-order valence-electron chi connectivity index (χ0n) is 10.3. The van der Waals surface area contributed by atoms with E-state index in [-0.39, 0.29) is 0 Å². The highest BCUT2D eigenvalue weighted by molar-refractivity contribution is 5.17. The van der Waals surface area contributed by atoms with Crippen molar-refractivity contribution in [1.82, 2.24) is 0 Å². The molecule has 5 rings (SSSR count). The third kappa shape index (κ3) is 1.07. The van der Waals surface area contributed by atoms with Crippen LogP contribution in [0.2, 0.25) is 0 Å². The molecule has 0 spiro atoms. The first kappa shape index (κ1) is 9.97. The summed E-state index contributed by atoms with van der Waals surface area (Å²) >= 11 is 0. The van der Waals surface area contributed by atoms with Gasteiger partial charge in [-0.2, -0.15) is 0 Å². The van der Waals surface area contributed by atoms with Gasteiger partial charge in [-0.1, -0.05) is 0 Å². The molecule has 1 aliphatic rings. The lowest BCUT2D eigenvalue weighted by atomic mass is 10.2. The predicted molar refractivity (Wildman–Crippen MR) is 65.5 cm³/mol. The van der Waals surface area contributed by atoms with Crippen molar-refractivity contribution < 1.29 is 17.7 Å². The van der Waals surface area contributed by atoms with Crippen LogP contribution in [0.15, 0.2) is 67.0 Å². The van der Waals surface area contributed by atoms with Crippen LogP contribution < -0.4 is 0 Å². The topological polar surface area (TPSA) is 52.6 Å². The van der Waals surface area contributed by atoms with Gasteiger partial charge in [0.05, 0.1) is 25.1 Å². The van der Waals surface area contributed by atoms with Crippen molar-refractivity contribution >= 4 is 0 Å². The van der Waals surface area contributed by atoms with Crippen molar-refractivity contribution in [2.75, 3.05) is 0 Å². The summed E-state index contributed by atoms with van der Waals surface area (Å²) in [6.07, 6.45) is 6.61. The van der Waals surface area contributed by atoms with Gasteiger partial charge < -0.3 is 17.7 Å². The van der Waals surface area contributed by atoms with Gasteiger partial charge in [-0.15, -0.1) is 0 Å². The number of hydrogen-bond acceptors (Lipinski definition) is 4. The van der Waals surface area contributed by atoms with E-state index >= 15 is 0 Å². The molecule has 0 N–H and O–H groups in total. The lowest BCUT2D eigenvalue weighted by Crippen LogP contribution is -1.78. The van der Waals surface area contributed by atoms with E-state index in [2.05, 4.69) is 0 Å². The highest BCUT2D eigenvalue weighted by atomic mass is 16.4. The van der Waals surface area contributed by atoms with E-state index in [9.17, 15) is 0 Å². The van der Waals surface area contributed by atoms with Crippen LogP contribution in [0.1, 0.15) is 0 Å². The highest BCUT2D eigenvalue weighted by Gasteiger charge is 2.06. The van der Waals surface area contributed by atoms with Crippen LogP contribution in [0.5, 0.6) is 0 Å². The summed E-state index contributed by atoms with van der Waals surface area (Å²) in [4.78, 5) is 0. The molecule has 96 valence electrons. The Morgan fingerprint density at radius 3 is 0.900 bits per heavy atom. The molecule has 0 amide bonds. The van der Waals surface area contributed by atoms with Crippen molar-refractivity contribution in [3.8, 4) is 0 Å². The fourth-order valence-corrected chi connectivity index (χ4v) is 2.79. The monoisotopic (exact) mass is 264 g/mol. The zero-order valence-corrected chi connectivity index (χ0v) is 10.3. The first-order valence-electron chi connectivity index (χ1n) is 6.25. The fraction of sp³-hybridized carbons (Fsp3) is 0. The van der Waals surface area contributed by atoms with E-state index in [4.69, 9.17) is 17.7 Å². The second-order valence-corrected chi connectivity index (χ2v) is 4.65. The lowest BCUT2D eigenvalue weighted by Gasteiger charge is -1.85. The Morgan fingerprint density at radius 2 is 0.650 bits per heavy atom. The highest BCUT2D eigenvalue weighted by Crippen LogP contribution is 2.14. The second-order valence-electron chi connectivity index (χ2n) is 4.65. The molecule has 20 heavy (non-hydrogen) atoms. The van der Waals surface area contributed by atoms with E-state index in [1.807, 2.05) is 24.3 Å². The molecule has 4 heteroatoms. The molecule has 0 bridgehead atoms. The summed E-state index contributed by atoms with van der Waals surface area (Å²) in [6, 6.07) is 7.63. The van der Waals surface area contributed by atoms with Gasteiger partial charge >= 0.3 is 0 Å². The number of rotatable bonds is 0. The van der Waals surface area contributed by atoms with Crippen molar-refractivity contribution in [3.05, 3.63) is 91.9 Å². The molecule has 0 radical (unpaired) electrons. The van der Waals surface area contributed by atoms with E-state index in [1.165, 1.54) is 0 Å². The van der Waals surface area contributed by atoms with E-state index < -0.39 is 0 Å². The number of fused-ring (bicyclic) bond motifs is 4. The van der Waals surface area contributed by atoms with Gasteiger partial charge in [-0.3, -0.25) is 0 Å². The quantitative estimate of drug-likeness (QED) is 0.429. The van der Waals surface area contributed by atoms with Crippen molar-refractivity contribution in [3.63, 3.8) is 0 Å². The summed E-state index contributed by atoms with van der Waals surface area (Å²) in [5.41, 5.74) is 2.83. The Balaban J connectivity index is 2.54. The Morgan fingerprint density at radius 1 is 0.400 bits per heavy atom. The third-order valence-electron chi connectivity index (χ3n) is 3.65. The Kier molecular flexibility index (Phi) is 1.68. The molecule has 4 aromatic heterocycles. The number of hydrogen-bond donors (Lipinski definition) is 0. The Hall–Kier alpha value is -2.88. The van der Waals surface area contributed by atoms with Crippen LogP contribution in [-0.2, 0) is 0 Å². The van der Waals surface area contributed by atoms with Crippen LogP contribution >= 0.6 is 0 Å². The second kappa shape index (κ2) is 3.36. The van der Waals surface area contributed by atoms with Crippen LogP contribution in [0.3, 0.4) is 0 Å². The summed E-state index contributed by atoms with van der Waals surface area (Å²) in [5, 5.41) is 3.75. The molecule has 0 fully saturated rings. The molecular weight excluding hydrogens is 256 g/mol. The average Bonchev–Trinajstić information content (AvgIpc) is 3.21. The summed E-state index contributed by atoms with van der Waals surface area (Å²) in [5.74, 6) is 0. The van der Waals surface area contributed by atoms with Gasteiger partial charge in [0.25, 0.3) is 0 Å². The SMILES string of the molecule is c1cc2/c(o1)=c1/occ/c1=c1\cco\c1=c1/occ/c1=2. The van der Waals surface area contributed by atoms with Gasteiger partial charge in [-0.05, 0) is 24.3 Å². The summed E-state index contributed by atoms with van der Waals surface area (Å²) in [7, 11) is 0. The van der Waals surface area contributed by atoms with Crippen LogP contribution in [0.25, 0.3) is 0 Å². The molecule has 1 aliphatic carbocycles. The minimum atomic E-state index is 0.708. The van der Waals surface area contributed by atoms with Gasteiger partial charge in [0.1, 0.15) is 0 Å². The molecular formula is C16H8O4. The Labute approximate surface area is 110 Å². The number of furan rings is 4. The Bertz CT molecular complexity index is 953. The third-order valence-corrected chi connectivity index (χ3v) is 3.65. The molecule has 4 heterocycles. The standard InChI is InChI=1S/C16H8O4/c1-5-17-13-9(1)10-2-6-18-14(10)16-12(4-8-20-16)11-3-7-19-15(11)13/h1-8H/b10-9-,12-11-,15-13-,16-14-. The summed E-state index contributed by atoms with van der Waals surface area (Å²) < 4.78 is 22.5. The van der Waals surface area contributed by atoms with E-state index in [1.54, 1.807) is 25.1 Å². The maximum absolute atomic E-state index is 5.63. The zero-order chi connectivity index (χ0) is 13.1. The summed E-state index contributed by atoms with van der Waals surface area (Å²) in [6.45, 7) is 0. The molecule has 0 atom stereocenters. The smallest absolute Gasteiger partial charge is 0.177 e. The van der Waals surface area contributed by atoms with Crippen LogP contribution in [-0.4, -0.2) is 0 Å². The molecule has 0 saturated heterocycles. The molecule has 0 aliphatic heterocycles. The first-order chi connectivity index (χ1) is 9.93. The van der Waals surface area contributed by atoms with Gasteiger partial charge in [0, 0.05) is 20.9 Å². The minimum absolute atomic E-state index is 0.708. The average molecular weight is 264 g/mol. The fourth-order valence-electron chi connectivity index (χ4n) is 2.79. The van der Waals surface area contributed by atoms with Crippen molar-refractivity contribution in [1.29, 1.82) is 0 Å². The molecule has 0 unspecified atom stereocenters. The molecule has 0 aromatic carbocycles. The van der Waals surface area contributed by atoms with Gasteiger partial charge in [-0.25, -0.2) is 0 Å². The molecule has 4 aromatic rings. The van der Waals surface area contributed by atoms with Gasteiger partial charge in [0.15, 0.2) is 21.7 Å².